The van der Waals surface area contributed by atoms with Crippen molar-refractivity contribution in [1.29, 1.82) is 0 Å². The minimum atomic E-state index is 0. The van der Waals surface area contributed by atoms with Gasteiger partial charge < -0.3 is 18.2 Å². The molecule has 1 rings (SSSR count). The average molecular weight is 487 g/mol. The van der Waals surface area contributed by atoms with E-state index < -0.39 is 0 Å². The molecule has 0 bridgehead atoms. The molecule has 57 valence electrons. The fourth-order valence-electron chi connectivity index (χ4n) is 0.304. The monoisotopic (exact) mass is 487 g/mol. The van der Waals surface area contributed by atoms with Crippen LogP contribution in [0.5, 0.6) is 0 Å². The molecule has 0 saturated heterocycles. The van der Waals surface area contributed by atoms with Gasteiger partial charge in [0.1, 0.15) is 0 Å². The van der Waals surface area contributed by atoms with Gasteiger partial charge in [-0.1, -0.05) is 0 Å². The fourth-order valence-corrected chi connectivity index (χ4v) is 0.304. The van der Waals surface area contributed by atoms with Crippen LogP contribution in [-0.2, 0) is 19.5 Å². The van der Waals surface area contributed by atoms with Gasteiger partial charge in [0.05, 0.1) is 0 Å². The van der Waals surface area contributed by atoms with Gasteiger partial charge in [0.25, 0.3) is 0 Å². The third kappa shape index (κ3) is 17.7. The molecule has 0 amide bonds. The second-order valence-electron chi connectivity index (χ2n) is 1.35. The Balaban J connectivity index is -0.000000116. The average Bonchev–Trinajstić information content (AvgIpc) is 1.93. The Kier molecular flexibility index (Phi) is 23.4. The first-order chi connectivity index (χ1) is 4.41. The maximum atomic E-state index is 3.24. The Morgan fingerprint density at radius 3 is 1.36 bits per heavy atom. The molecule has 0 heterocycles. The number of rotatable bonds is 0. The summed E-state index contributed by atoms with van der Waals surface area (Å²) in [6, 6.07) is 13.0. The van der Waals surface area contributed by atoms with E-state index in [1.807, 2.05) is 24.3 Å². The van der Waals surface area contributed by atoms with Gasteiger partial charge >= 0.3 is 19.5 Å². The minimum absolute atomic E-state index is 0. The zero-order valence-electron chi connectivity index (χ0n) is 6.56. The zero-order chi connectivity index (χ0) is 6.95. The number of benzene rings is 1. The van der Waals surface area contributed by atoms with Crippen LogP contribution in [0.1, 0.15) is 6.92 Å². The van der Waals surface area contributed by atoms with Gasteiger partial charge in [-0.05, 0) is 0 Å². The smallest absolute Gasteiger partial charge is 0.507 e. The van der Waals surface area contributed by atoms with Gasteiger partial charge in [-0.15, -0.1) is 0 Å². The van der Waals surface area contributed by atoms with Crippen LogP contribution < -0.4 is 0 Å². The Morgan fingerprint density at radius 2 is 1.27 bits per heavy atom. The van der Waals surface area contributed by atoms with Crippen LogP contribution in [0.3, 0.4) is 0 Å². The van der Waals surface area contributed by atoms with E-state index in [2.05, 4.69) is 24.8 Å². The molecule has 1 radical (unpaired) electrons. The number of allylic oxidation sites excluding steroid dienone is 1. The summed E-state index contributed by atoms with van der Waals surface area (Å²) in [5.41, 5.74) is 0. The second-order valence-corrected chi connectivity index (χ2v) is 1.35. The van der Waals surface area contributed by atoms with Crippen molar-refractivity contribution in [3.05, 3.63) is 49.1 Å². The summed E-state index contributed by atoms with van der Waals surface area (Å²) in [4.78, 5) is 0. The van der Waals surface area contributed by atoms with Crippen LogP contribution in [0.25, 0.3) is 0 Å². The van der Waals surface area contributed by atoms with Gasteiger partial charge in [-0.25, -0.2) is 0 Å². The van der Waals surface area contributed by atoms with Crippen molar-refractivity contribution in [3.63, 3.8) is 0 Å². The van der Waals surface area contributed by atoms with Gasteiger partial charge in [0.15, 0.2) is 0 Å². The molecular formula is C9H9RfRh-. The SMILES string of the molecule is C=[C-]C.[Rf].[Rh+2].[c-]1cc[c-]cc1. The van der Waals surface area contributed by atoms with Gasteiger partial charge in [0.2, 0.25) is 0 Å². The normalized spacial score (nSPS) is 5.55. The molecule has 0 nitrogen and oxygen atoms in total. The minimum Gasteiger partial charge on any atom is -0.507 e. The first-order valence-electron chi connectivity index (χ1n) is 2.67. The molecule has 11 heavy (non-hydrogen) atoms. The molecule has 0 fully saturated rings. The molecule has 0 aromatic heterocycles. The Labute approximate surface area is 75.7 Å². The fraction of sp³-hybridized carbons (Fsp3) is 0.111. The first kappa shape index (κ1) is 16.3. The van der Waals surface area contributed by atoms with Crippen molar-refractivity contribution in [2.24, 2.45) is 0 Å². The van der Waals surface area contributed by atoms with Crippen molar-refractivity contribution in [2.45, 2.75) is 6.92 Å². The quantitative estimate of drug-likeness (QED) is 0.390. The maximum absolute atomic E-state index is 3.24. The second kappa shape index (κ2) is 15.8. The predicted molar refractivity (Wildman–Crippen MR) is 38.7 cm³/mol. The molecule has 1 aromatic rings. The largest absolute Gasteiger partial charge is 2.00 e. The van der Waals surface area contributed by atoms with Crippen molar-refractivity contribution in [1.82, 2.24) is 0 Å². The first-order valence-corrected chi connectivity index (χ1v) is 2.67. The van der Waals surface area contributed by atoms with Crippen LogP contribution in [-0.4, -0.2) is 0 Å². The number of hydrogen-bond acceptors (Lipinski definition) is 0. The van der Waals surface area contributed by atoms with Gasteiger partial charge in [-0.2, -0.15) is 6.92 Å². The van der Waals surface area contributed by atoms with Gasteiger partial charge in [0, 0.05) is 0 Å². The van der Waals surface area contributed by atoms with Crippen molar-refractivity contribution < 1.29 is 19.5 Å². The molecule has 0 aliphatic heterocycles. The third-order valence-electron chi connectivity index (χ3n) is 0.552. The van der Waals surface area contributed by atoms with Crippen LogP contribution in [0.15, 0.2) is 30.8 Å². The molecule has 0 saturated carbocycles. The summed E-state index contributed by atoms with van der Waals surface area (Å²) >= 11 is 0. The summed E-state index contributed by atoms with van der Waals surface area (Å²) in [5.74, 6) is 0. The van der Waals surface area contributed by atoms with Crippen LogP contribution >= 0.6 is 0 Å². The molecule has 0 spiro atoms. The molecule has 0 N–H and O–H groups in total. The molecule has 0 atom stereocenters. The van der Waals surface area contributed by atoms with E-state index in [4.69, 9.17) is 0 Å². The van der Waals surface area contributed by atoms with Crippen LogP contribution in [0, 0.1) is 18.2 Å². The molecule has 0 aliphatic rings. The van der Waals surface area contributed by atoms with Crippen molar-refractivity contribution in [3.8, 4) is 0 Å². The van der Waals surface area contributed by atoms with E-state index in [-0.39, 0.29) is 19.5 Å². The summed E-state index contributed by atoms with van der Waals surface area (Å²) in [6.45, 7) is 5.00. The summed E-state index contributed by atoms with van der Waals surface area (Å²) in [7, 11) is 0. The maximum Gasteiger partial charge on any atom is 2.00 e. The van der Waals surface area contributed by atoms with Crippen LogP contribution in [0.4, 0.5) is 0 Å². The molecule has 0 aliphatic carbocycles. The van der Waals surface area contributed by atoms with Crippen LogP contribution in [0.2, 0.25) is 0 Å². The Bertz CT molecular complexity index is 113. The molecule has 1 aromatic carbocycles. The van der Waals surface area contributed by atoms with E-state index in [1.54, 1.807) is 6.92 Å². The van der Waals surface area contributed by atoms with E-state index >= 15 is 0 Å². The molecule has 0 unspecified atom stereocenters. The molecular weight excluding hydrogens is 478 g/mol. The summed E-state index contributed by atoms with van der Waals surface area (Å²) in [6.07, 6.45) is 2.50. The Morgan fingerprint density at radius 1 is 1.09 bits per heavy atom. The van der Waals surface area contributed by atoms with Crippen molar-refractivity contribution in [2.75, 3.05) is 0 Å². The molecule has 2 heteroatoms. The predicted octanol–water partition coefficient (Wildman–Crippen LogP) is 2.28. The Hall–Kier alpha value is -1.42. The standard InChI is InChI=1S/C6H4.C3H5.Rf.Rh/c1-2-4-6-5-3-1;1-3-2;;/h1-2,5-6H;1H2,2H3;;/q-2;-1;;+2. The summed E-state index contributed by atoms with van der Waals surface area (Å²) in [5, 5.41) is 0. The topological polar surface area (TPSA) is 0 Å². The zero-order valence-corrected chi connectivity index (χ0v) is 14.6. The van der Waals surface area contributed by atoms with E-state index in [9.17, 15) is 0 Å². The van der Waals surface area contributed by atoms with Crippen molar-refractivity contribution >= 4 is 0 Å². The third-order valence-corrected chi connectivity index (χ3v) is 0.552. The summed E-state index contributed by atoms with van der Waals surface area (Å²) < 4.78 is 0. The van der Waals surface area contributed by atoms with Gasteiger partial charge in [-0.3, -0.25) is 30.8 Å². The van der Waals surface area contributed by atoms with E-state index in [1.165, 1.54) is 0 Å². The van der Waals surface area contributed by atoms with E-state index in [0.717, 1.165) is 0 Å². The van der Waals surface area contributed by atoms with E-state index in [0.29, 0.717) is 0 Å². The number of hydrogen-bond donors (Lipinski definition) is 0.